The van der Waals surface area contributed by atoms with E-state index in [9.17, 15) is 19.5 Å². The van der Waals surface area contributed by atoms with Gasteiger partial charge >= 0.3 is 17.9 Å². The molecule has 45 heavy (non-hydrogen) atoms. The zero-order chi connectivity index (χ0) is 32.5. The fourth-order valence-corrected chi connectivity index (χ4v) is 13.3. The maximum atomic E-state index is 13.5. The first-order valence-electron chi connectivity index (χ1n) is 17.0. The number of carbonyl (C=O) groups is 3. The highest BCUT2D eigenvalue weighted by atomic mass is 16.6. The van der Waals surface area contributed by atoms with Crippen LogP contribution >= 0.6 is 0 Å². The predicted molar refractivity (Wildman–Crippen MR) is 168 cm³/mol. The Bertz CT molecular complexity index is 1480. The summed E-state index contributed by atoms with van der Waals surface area (Å²) < 4.78 is 17.8. The quantitative estimate of drug-likeness (QED) is 0.270. The van der Waals surface area contributed by atoms with Crippen LogP contribution in [-0.2, 0) is 19.1 Å². The number of ether oxygens (including phenoxy) is 3. The van der Waals surface area contributed by atoms with Crippen molar-refractivity contribution in [2.24, 2.45) is 56.7 Å². The zero-order valence-corrected chi connectivity index (χ0v) is 28.0. The molecule has 0 spiro atoms. The van der Waals surface area contributed by atoms with E-state index in [-0.39, 0.29) is 34.6 Å². The molecule has 0 aromatic heterocycles. The molecule has 7 nitrogen and oxygen atoms in total. The largest absolute Gasteiger partial charge is 0.497 e. The lowest BCUT2D eigenvalue weighted by Gasteiger charge is -2.70. The zero-order valence-electron chi connectivity index (χ0n) is 28.0. The first kappa shape index (κ1) is 30.8. The number of esters is 2. The average Bonchev–Trinajstić information content (AvgIpc) is 3.52. The molecule has 6 fully saturated rings. The van der Waals surface area contributed by atoms with Gasteiger partial charge in [-0.3, -0.25) is 9.59 Å². The first-order valence-corrected chi connectivity index (χ1v) is 17.0. The van der Waals surface area contributed by atoms with E-state index in [0.29, 0.717) is 17.2 Å². The Hall–Kier alpha value is -2.83. The van der Waals surface area contributed by atoms with Crippen molar-refractivity contribution in [3.63, 3.8) is 0 Å². The maximum absolute atomic E-state index is 13.5. The summed E-state index contributed by atoms with van der Waals surface area (Å²) in [6.45, 7) is 17.7. The number of fused-ring (bicyclic) bond motifs is 5. The molecule has 11 unspecified atom stereocenters. The van der Waals surface area contributed by atoms with Gasteiger partial charge in [0.1, 0.15) is 23.4 Å². The molecule has 244 valence electrons. The molecule has 1 heterocycles. The van der Waals surface area contributed by atoms with Crippen molar-refractivity contribution in [1.82, 2.24) is 0 Å². The molecule has 5 aliphatic carbocycles. The molecule has 2 bridgehead atoms. The number of hydrogen-bond acceptors (Lipinski definition) is 6. The SMILES string of the molecule is C=C(C)C12CCC3(CCC4(C)C(CCC5C6(C)C(C(=O)O)C(OC(=O)c7ccc(OC)cc7)C(C)(C)C6CCC54C)C31)C(=O)O2. The van der Waals surface area contributed by atoms with Gasteiger partial charge in [0.25, 0.3) is 0 Å². The topological polar surface area (TPSA) is 99.1 Å². The van der Waals surface area contributed by atoms with E-state index < -0.39 is 45.8 Å². The van der Waals surface area contributed by atoms with Crippen LogP contribution < -0.4 is 4.74 Å². The van der Waals surface area contributed by atoms with Gasteiger partial charge in [0.2, 0.25) is 0 Å². The number of methoxy groups -OCH3 is 1. The Morgan fingerprint density at radius 1 is 0.911 bits per heavy atom. The van der Waals surface area contributed by atoms with Gasteiger partial charge in [-0.2, -0.15) is 0 Å². The van der Waals surface area contributed by atoms with Gasteiger partial charge in [-0.25, -0.2) is 4.79 Å². The van der Waals surface area contributed by atoms with Crippen molar-refractivity contribution in [3.05, 3.63) is 42.0 Å². The van der Waals surface area contributed by atoms with Gasteiger partial charge in [-0.05, 0) is 122 Å². The number of rotatable bonds is 5. The molecule has 1 aromatic rings. The molecule has 11 atom stereocenters. The minimum Gasteiger partial charge on any atom is -0.497 e. The number of carboxylic acids is 1. The summed E-state index contributed by atoms with van der Waals surface area (Å²) in [5, 5.41) is 11.0. The Morgan fingerprint density at radius 2 is 1.58 bits per heavy atom. The van der Waals surface area contributed by atoms with Gasteiger partial charge in [-0.15, -0.1) is 0 Å². The molecule has 1 aliphatic heterocycles. The van der Waals surface area contributed by atoms with Gasteiger partial charge in [0, 0.05) is 11.3 Å². The third kappa shape index (κ3) is 3.51. The van der Waals surface area contributed by atoms with Crippen LogP contribution in [0, 0.1) is 56.7 Å². The molecule has 7 heteroatoms. The van der Waals surface area contributed by atoms with Crippen LogP contribution in [0.1, 0.15) is 103 Å². The molecule has 0 amide bonds. The summed E-state index contributed by atoms with van der Waals surface area (Å²) in [7, 11) is 1.57. The molecular weight excluding hydrogens is 568 g/mol. The Kier molecular flexibility index (Phi) is 6.42. The highest BCUT2D eigenvalue weighted by Gasteiger charge is 2.80. The highest BCUT2D eigenvalue weighted by molar-refractivity contribution is 5.90. The van der Waals surface area contributed by atoms with Crippen LogP contribution in [-0.4, -0.2) is 41.8 Å². The minimum absolute atomic E-state index is 0.0169. The summed E-state index contributed by atoms with van der Waals surface area (Å²) in [4.78, 5) is 40.5. The van der Waals surface area contributed by atoms with Crippen LogP contribution in [0.4, 0.5) is 0 Å². The van der Waals surface area contributed by atoms with Crippen LogP contribution in [0.2, 0.25) is 0 Å². The van der Waals surface area contributed by atoms with E-state index in [0.717, 1.165) is 56.9 Å². The minimum atomic E-state index is -0.881. The van der Waals surface area contributed by atoms with E-state index >= 15 is 0 Å². The lowest BCUT2D eigenvalue weighted by Crippen LogP contribution is -2.65. The number of carbonyl (C=O) groups excluding carboxylic acids is 2. The van der Waals surface area contributed by atoms with Crippen molar-refractivity contribution >= 4 is 17.9 Å². The smallest absolute Gasteiger partial charge is 0.338 e. The first-order chi connectivity index (χ1) is 21.0. The van der Waals surface area contributed by atoms with Crippen molar-refractivity contribution in [1.29, 1.82) is 0 Å². The van der Waals surface area contributed by atoms with Crippen LogP contribution in [0.5, 0.6) is 5.75 Å². The summed E-state index contributed by atoms with van der Waals surface area (Å²) in [6, 6.07) is 6.78. The fourth-order valence-electron chi connectivity index (χ4n) is 13.3. The van der Waals surface area contributed by atoms with Crippen molar-refractivity contribution in [2.45, 2.75) is 105 Å². The van der Waals surface area contributed by atoms with E-state index in [2.05, 4.69) is 41.2 Å². The van der Waals surface area contributed by atoms with E-state index in [1.54, 1.807) is 31.4 Å². The normalized spacial score (nSPS) is 47.0. The maximum Gasteiger partial charge on any atom is 0.338 e. The second-order valence-corrected chi connectivity index (χ2v) is 16.9. The number of benzene rings is 1. The Labute approximate surface area is 267 Å². The number of aliphatic carboxylic acids is 1. The Balaban J connectivity index is 1.27. The lowest BCUT2D eigenvalue weighted by atomic mass is 9.34. The highest BCUT2D eigenvalue weighted by Crippen LogP contribution is 2.81. The summed E-state index contributed by atoms with van der Waals surface area (Å²) >= 11 is 0. The second kappa shape index (κ2) is 9.38. The van der Waals surface area contributed by atoms with Crippen LogP contribution in [0.15, 0.2) is 36.4 Å². The molecule has 1 N–H and O–H groups in total. The van der Waals surface area contributed by atoms with Gasteiger partial charge in [0.05, 0.1) is 18.1 Å². The Morgan fingerprint density at radius 3 is 2.18 bits per heavy atom. The number of hydrogen-bond donors (Lipinski definition) is 1. The standard InChI is InChI=1S/C38H50O7/c1-21(2)38-20-19-37(32(42)45-38)18-17-34(5)24(28(37)38)13-14-26-35(34,6)16-15-25-33(3,4)29(27(30(39)40)36(25,26)7)44-31(41)22-9-11-23(43-8)12-10-22/h9-12,24-29H,1,13-20H2,2-8H3,(H,39,40). The van der Waals surface area contributed by atoms with Gasteiger partial charge in [-0.1, -0.05) is 41.2 Å². The van der Waals surface area contributed by atoms with Crippen molar-refractivity contribution < 1.29 is 33.7 Å². The lowest BCUT2D eigenvalue weighted by molar-refractivity contribution is -0.222. The molecule has 0 radical (unpaired) electrons. The monoisotopic (exact) mass is 618 g/mol. The van der Waals surface area contributed by atoms with Crippen molar-refractivity contribution in [2.75, 3.05) is 7.11 Å². The van der Waals surface area contributed by atoms with Gasteiger partial charge < -0.3 is 19.3 Å². The molecule has 7 rings (SSSR count). The van der Waals surface area contributed by atoms with Crippen LogP contribution in [0.3, 0.4) is 0 Å². The summed E-state index contributed by atoms with van der Waals surface area (Å²) in [5.41, 5.74) is -0.934. The van der Waals surface area contributed by atoms with Crippen LogP contribution in [0.25, 0.3) is 0 Å². The molecular formula is C38H50O7. The number of carboxylic acid groups (broad SMARTS) is 1. The summed E-state index contributed by atoms with van der Waals surface area (Å²) in [6.07, 6.45) is 6.48. The van der Waals surface area contributed by atoms with E-state index in [1.165, 1.54) is 0 Å². The third-order valence-electron chi connectivity index (χ3n) is 15.5. The second-order valence-electron chi connectivity index (χ2n) is 16.9. The van der Waals surface area contributed by atoms with Crippen molar-refractivity contribution in [3.8, 4) is 5.75 Å². The molecule has 5 saturated carbocycles. The average molecular weight is 619 g/mol. The van der Waals surface area contributed by atoms with E-state index in [1.807, 2.05) is 6.92 Å². The summed E-state index contributed by atoms with van der Waals surface area (Å²) in [5.74, 6) is -0.915. The third-order valence-corrected chi connectivity index (χ3v) is 15.5. The molecule has 6 aliphatic rings. The van der Waals surface area contributed by atoms with E-state index in [4.69, 9.17) is 14.2 Å². The molecule has 1 saturated heterocycles. The fraction of sp³-hybridized carbons (Fsp3) is 0.711. The van der Waals surface area contributed by atoms with Gasteiger partial charge in [0.15, 0.2) is 0 Å². The molecule has 1 aromatic carbocycles. The predicted octanol–water partition coefficient (Wildman–Crippen LogP) is 7.48.